The number of amides is 3. The van der Waals surface area contributed by atoms with Crippen LogP contribution < -0.4 is 0 Å². The molecular weight excluding hydrogens is 260 g/mol. The van der Waals surface area contributed by atoms with Crippen LogP contribution in [0.1, 0.15) is 6.42 Å². The van der Waals surface area contributed by atoms with Gasteiger partial charge >= 0.3 is 0 Å². The van der Waals surface area contributed by atoms with Crippen molar-refractivity contribution in [3.05, 3.63) is 0 Å². The average molecular weight is 282 g/mol. The molecule has 3 amide bonds. The monoisotopic (exact) mass is 282 g/mol. The maximum Gasteiger partial charge on any atom is 0.223 e. The summed E-state index contributed by atoms with van der Waals surface area (Å²) in [5.41, 5.74) is 0. The maximum absolute atomic E-state index is 12.1. The molecule has 0 aromatic carbocycles. The molecule has 0 aromatic rings. The molecule has 112 valence electrons. The van der Waals surface area contributed by atoms with E-state index in [0.29, 0.717) is 32.6 Å². The van der Waals surface area contributed by atoms with Gasteiger partial charge in [0.25, 0.3) is 0 Å². The van der Waals surface area contributed by atoms with Gasteiger partial charge in [-0.1, -0.05) is 0 Å². The van der Waals surface area contributed by atoms with E-state index in [1.807, 2.05) is 4.90 Å². The number of rotatable bonds is 5. The summed E-state index contributed by atoms with van der Waals surface area (Å²) in [4.78, 5) is 40.8. The van der Waals surface area contributed by atoms with Crippen LogP contribution in [-0.4, -0.2) is 97.2 Å². The Kier molecular flexibility index (Phi) is 5.34. The van der Waals surface area contributed by atoms with Crippen molar-refractivity contribution < 1.29 is 14.4 Å². The summed E-state index contributed by atoms with van der Waals surface area (Å²) in [5.74, 6) is 0.161. The molecule has 0 N–H and O–H groups in total. The predicted molar refractivity (Wildman–Crippen MR) is 72.9 cm³/mol. The summed E-state index contributed by atoms with van der Waals surface area (Å²) in [6, 6.07) is 0. The zero-order chi connectivity index (χ0) is 14.4. The number of piperazine rings is 2. The van der Waals surface area contributed by atoms with Gasteiger partial charge in [-0.2, -0.15) is 0 Å². The highest BCUT2D eigenvalue weighted by atomic mass is 16.2. The molecule has 7 nitrogen and oxygen atoms in total. The van der Waals surface area contributed by atoms with E-state index in [2.05, 4.69) is 4.90 Å². The lowest BCUT2D eigenvalue weighted by Crippen LogP contribution is -2.49. The molecule has 0 bridgehead atoms. The largest absolute Gasteiger partial charge is 0.343 e. The maximum atomic E-state index is 12.1. The molecular formula is C13H22N4O3. The van der Waals surface area contributed by atoms with Gasteiger partial charge in [-0.25, -0.2) is 0 Å². The highest BCUT2D eigenvalue weighted by molar-refractivity contribution is 5.76. The summed E-state index contributed by atoms with van der Waals surface area (Å²) in [6.45, 7) is 6.45. The molecule has 0 aromatic heterocycles. The molecule has 7 heteroatoms. The van der Waals surface area contributed by atoms with E-state index in [4.69, 9.17) is 0 Å². The van der Waals surface area contributed by atoms with Crippen LogP contribution in [0.2, 0.25) is 0 Å². The van der Waals surface area contributed by atoms with Crippen LogP contribution in [0.3, 0.4) is 0 Å². The quantitative estimate of drug-likeness (QED) is 0.573. The fourth-order valence-electron chi connectivity index (χ4n) is 2.58. The van der Waals surface area contributed by atoms with Crippen molar-refractivity contribution in [1.82, 2.24) is 19.6 Å². The fourth-order valence-corrected chi connectivity index (χ4v) is 2.58. The minimum atomic E-state index is 0.161. The molecule has 20 heavy (non-hydrogen) atoms. The van der Waals surface area contributed by atoms with E-state index >= 15 is 0 Å². The Balaban J connectivity index is 1.65. The lowest BCUT2D eigenvalue weighted by molar-refractivity contribution is -0.135. The zero-order valence-corrected chi connectivity index (χ0v) is 11.7. The van der Waals surface area contributed by atoms with Crippen molar-refractivity contribution in [2.45, 2.75) is 6.42 Å². The number of hydrogen-bond acceptors (Lipinski definition) is 4. The van der Waals surface area contributed by atoms with Gasteiger partial charge in [0.15, 0.2) is 0 Å². The Morgan fingerprint density at radius 3 is 1.80 bits per heavy atom. The van der Waals surface area contributed by atoms with E-state index in [1.54, 1.807) is 9.80 Å². The van der Waals surface area contributed by atoms with Crippen molar-refractivity contribution >= 4 is 18.7 Å². The topological polar surface area (TPSA) is 64.2 Å². The van der Waals surface area contributed by atoms with E-state index in [0.717, 1.165) is 45.5 Å². The minimum absolute atomic E-state index is 0.161. The smallest absolute Gasteiger partial charge is 0.223 e. The van der Waals surface area contributed by atoms with Gasteiger partial charge in [0.1, 0.15) is 0 Å². The third kappa shape index (κ3) is 3.93. The van der Waals surface area contributed by atoms with Gasteiger partial charge < -0.3 is 14.7 Å². The van der Waals surface area contributed by atoms with Crippen LogP contribution in [0, 0.1) is 0 Å². The molecule has 0 aliphatic carbocycles. The Morgan fingerprint density at radius 2 is 1.30 bits per heavy atom. The summed E-state index contributed by atoms with van der Waals surface area (Å²) in [6.07, 6.45) is 2.24. The fraction of sp³-hybridized carbons (Fsp3) is 0.769. The summed E-state index contributed by atoms with van der Waals surface area (Å²) < 4.78 is 0. The SMILES string of the molecule is O=CN1CCN(CCC(=O)N2CCN(C=O)CC2)CC1. The zero-order valence-electron chi connectivity index (χ0n) is 11.7. The summed E-state index contributed by atoms with van der Waals surface area (Å²) in [7, 11) is 0. The van der Waals surface area contributed by atoms with Gasteiger partial charge in [0.2, 0.25) is 18.7 Å². The molecule has 0 unspecified atom stereocenters. The van der Waals surface area contributed by atoms with Gasteiger partial charge in [-0.15, -0.1) is 0 Å². The van der Waals surface area contributed by atoms with Crippen molar-refractivity contribution in [3.63, 3.8) is 0 Å². The van der Waals surface area contributed by atoms with Gasteiger partial charge in [0, 0.05) is 65.3 Å². The molecule has 0 radical (unpaired) electrons. The molecule has 2 aliphatic rings. The first-order valence-corrected chi connectivity index (χ1v) is 7.12. The molecule has 2 saturated heterocycles. The van der Waals surface area contributed by atoms with Crippen LogP contribution in [0.4, 0.5) is 0 Å². The molecule has 2 aliphatic heterocycles. The van der Waals surface area contributed by atoms with E-state index in [9.17, 15) is 14.4 Å². The van der Waals surface area contributed by atoms with Crippen LogP contribution in [0.25, 0.3) is 0 Å². The molecule has 2 fully saturated rings. The highest BCUT2D eigenvalue weighted by Crippen LogP contribution is 2.05. The second-order valence-electron chi connectivity index (χ2n) is 5.26. The van der Waals surface area contributed by atoms with Crippen LogP contribution >= 0.6 is 0 Å². The van der Waals surface area contributed by atoms with E-state index < -0.39 is 0 Å². The van der Waals surface area contributed by atoms with Crippen molar-refractivity contribution in [1.29, 1.82) is 0 Å². The first-order chi connectivity index (χ1) is 9.72. The molecule has 0 saturated carbocycles. The first kappa shape index (κ1) is 14.8. The third-order valence-corrected chi connectivity index (χ3v) is 4.01. The van der Waals surface area contributed by atoms with Crippen molar-refractivity contribution in [2.75, 3.05) is 58.9 Å². The number of carbonyl (C=O) groups is 3. The van der Waals surface area contributed by atoms with Gasteiger partial charge in [-0.05, 0) is 0 Å². The number of nitrogens with zero attached hydrogens (tertiary/aromatic N) is 4. The Labute approximate surface area is 119 Å². The Hall–Kier alpha value is -1.63. The molecule has 2 heterocycles. The third-order valence-electron chi connectivity index (χ3n) is 4.01. The average Bonchev–Trinajstić information content (AvgIpc) is 2.53. The molecule has 0 spiro atoms. The van der Waals surface area contributed by atoms with Crippen LogP contribution in [0.15, 0.2) is 0 Å². The van der Waals surface area contributed by atoms with Gasteiger partial charge in [-0.3, -0.25) is 19.3 Å². The number of carbonyl (C=O) groups excluding carboxylic acids is 3. The summed E-state index contributed by atoms with van der Waals surface area (Å²) in [5, 5.41) is 0. The lowest BCUT2D eigenvalue weighted by Gasteiger charge is -2.34. The molecule has 2 rings (SSSR count). The number of hydrogen-bond donors (Lipinski definition) is 0. The van der Waals surface area contributed by atoms with Crippen molar-refractivity contribution in [3.8, 4) is 0 Å². The normalized spacial score (nSPS) is 20.9. The Bertz CT molecular complexity index is 348. The predicted octanol–water partition coefficient (Wildman–Crippen LogP) is -1.55. The van der Waals surface area contributed by atoms with E-state index in [-0.39, 0.29) is 5.91 Å². The summed E-state index contributed by atoms with van der Waals surface area (Å²) >= 11 is 0. The minimum Gasteiger partial charge on any atom is -0.343 e. The molecule has 0 atom stereocenters. The highest BCUT2D eigenvalue weighted by Gasteiger charge is 2.21. The second-order valence-corrected chi connectivity index (χ2v) is 5.26. The van der Waals surface area contributed by atoms with Crippen LogP contribution in [-0.2, 0) is 14.4 Å². The lowest BCUT2D eigenvalue weighted by atomic mass is 10.2. The first-order valence-electron chi connectivity index (χ1n) is 7.12. The van der Waals surface area contributed by atoms with Gasteiger partial charge in [0.05, 0.1) is 0 Å². The second kappa shape index (κ2) is 7.23. The van der Waals surface area contributed by atoms with Crippen molar-refractivity contribution in [2.24, 2.45) is 0 Å². The van der Waals surface area contributed by atoms with E-state index in [1.165, 1.54) is 0 Å². The van der Waals surface area contributed by atoms with Crippen LogP contribution in [0.5, 0.6) is 0 Å². The standard InChI is InChI=1S/C13H22N4O3/c18-11-15-5-3-14(4-6-15)2-1-13(20)17-9-7-16(12-19)8-10-17/h11-12H,1-10H2. The Morgan fingerprint density at radius 1 is 0.800 bits per heavy atom.